The summed E-state index contributed by atoms with van der Waals surface area (Å²) in [5, 5.41) is 15.8. The van der Waals surface area contributed by atoms with E-state index in [0.29, 0.717) is 0 Å². The van der Waals surface area contributed by atoms with E-state index >= 15 is 0 Å². The summed E-state index contributed by atoms with van der Waals surface area (Å²) in [7, 11) is 0. The van der Waals surface area contributed by atoms with Crippen molar-refractivity contribution in [2.45, 2.75) is 0 Å². The van der Waals surface area contributed by atoms with Crippen LogP contribution in [-0.4, -0.2) is 4.57 Å². The van der Waals surface area contributed by atoms with Gasteiger partial charge in [0, 0.05) is 56.8 Å². The summed E-state index contributed by atoms with van der Waals surface area (Å²) in [6.07, 6.45) is 0. The molecule has 0 fully saturated rings. The lowest BCUT2D eigenvalue weighted by atomic mass is 10.00. The van der Waals surface area contributed by atoms with Gasteiger partial charge in [-0.1, -0.05) is 78.9 Å². The van der Waals surface area contributed by atoms with Gasteiger partial charge in [0.05, 0.1) is 11.0 Å². The third kappa shape index (κ3) is 3.26. The second-order valence-electron chi connectivity index (χ2n) is 12.1. The Hall–Kier alpha value is -5.22. The van der Waals surface area contributed by atoms with Crippen LogP contribution in [0.5, 0.6) is 0 Å². The van der Waals surface area contributed by atoms with Gasteiger partial charge in [0.15, 0.2) is 0 Å². The predicted octanol–water partition coefficient (Wildman–Crippen LogP) is 13.0. The van der Waals surface area contributed by atoms with E-state index < -0.39 is 0 Å². The molecule has 0 aliphatic rings. The van der Waals surface area contributed by atoms with E-state index in [9.17, 15) is 0 Å². The van der Waals surface area contributed by atoms with Crippen LogP contribution in [0.1, 0.15) is 0 Å². The molecule has 45 heavy (non-hydrogen) atoms. The lowest BCUT2D eigenvalue weighted by molar-refractivity contribution is 1.19. The third-order valence-electron chi connectivity index (χ3n) is 9.71. The van der Waals surface area contributed by atoms with Crippen molar-refractivity contribution in [3.63, 3.8) is 0 Å². The summed E-state index contributed by atoms with van der Waals surface area (Å²) >= 11 is 3.79. The van der Waals surface area contributed by atoms with Crippen molar-refractivity contribution in [1.82, 2.24) is 4.57 Å². The molecule has 0 saturated carbocycles. The zero-order valence-corrected chi connectivity index (χ0v) is 25.7. The lowest BCUT2D eigenvalue weighted by Gasteiger charge is -2.09. The first kappa shape index (κ1) is 24.1. The minimum absolute atomic E-state index is 1.20. The molecule has 3 aromatic heterocycles. The van der Waals surface area contributed by atoms with E-state index in [1.54, 1.807) is 0 Å². The normalized spacial score (nSPS) is 12.4. The zero-order chi connectivity index (χ0) is 29.2. The molecule has 0 atom stereocenters. The Kier molecular flexibility index (Phi) is 4.67. The SMILES string of the molecule is c1ccc2c(c1)ccc1c2c2c3ccccc3ccc2n1-c1ccc2sc3cc4cc5sc6ccccc6c5cc4cc3c2c1. The Morgan fingerprint density at radius 2 is 0.844 bits per heavy atom. The molecule has 0 aliphatic carbocycles. The molecule has 3 heteroatoms. The van der Waals surface area contributed by atoms with Gasteiger partial charge in [-0.2, -0.15) is 0 Å². The number of hydrogen-bond donors (Lipinski definition) is 0. The van der Waals surface area contributed by atoms with E-state index in [1.807, 2.05) is 22.7 Å². The van der Waals surface area contributed by atoms with E-state index in [-0.39, 0.29) is 0 Å². The summed E-state index contributed by atoms with van der Waals surface area (Å²) in [5.74, 6) is 0. The molecule has 0 bridgehead atoms. The molecular formula is C42H23NS2. The smallest absolute Gasteiger partial charge is 0.0547 e. The zero-order valence-electron chi connectivity index (χ0n) is 24.0. The first-order valence-corrected chi connectivity index (χ1v) is 17.0. The molecule has 208 valence electrons. The molecule has 0 radical (unpaired) electrons. The molecule has 11 aromatic rings. The van der Waals surface area contributed by atoms with Gasteiger partial charge in [0.1, 0.15) is 0 Å². The van der Waals surface area contributed by atoms with Crippen LogP contribution in [0, 0.1) is 0 Å². The fourth-order valence-electron chi connectivity index (χ4n) is 7.70. The van der Waals surface area contributed by atoms with Gasteiger partial charge in [-0.25, -0.2) is 0 Å². The van der Waals surface area contributed by atoms with Crippen LogP contribution in [0.25, 0.3) is 100 Å². The van der Waals surface area contributed by atoms with Crippen molar-refractivity contribution < 1.29 is 0 Å². The molecule has 3 heterocycles. The summed E-state index contributed by atoms with van der Waals surface area (Å²) in [6.45, 7) is 0. The van der Waals surface area contributed by atoms with Crippen LogP contribution >= 0.6 is 22.7 Å². The minimum Gasteiger partial charge on any atom is -0.309 e. The van der Waals surface area contributed by atoms with Gasteiger partial charge >= 0.3 is 0 Å². The number of rotatable bonds is 1. The number of fused-ring (bicyclic) bond motifs is 14. The number of thiophene rings is 2. The molecule has 1 nitrogen and oxygen atoms in total. The maximum atomic E-state index is 2.48. The molecule has 8 aromatic carbocycles. The van der Waals surface area contributed by atoms with Gasteiger partial charge < -0.3 is 4.57 Å². The molecule has 0 spiro atoms. The quantitative estimate of drug-likeness (QED) is 0.175. The van der Waals surface area contributed by atoms with Crippen molar-refractivity contribution in [1.29, 1.82) is 0 Å². The lowest BCUT2D eigenvalue weighted by Crippen LogP contribution is -1.93. The summed E-state index contributed by atoms with van der Waals surface area (Å²) in [5.41, 5.74) is 3.69. The van der Waals surface area contributed by atoms with Crippen LogP contribution in [-0.2, 0) is 0 Å². The summed E-state index contributed by atoms with van der Waals surface area (Å²) in [4.78, 5) is 0. The number of nitrogens with zero attached hydrogens (tertiary/aromatic N) is 1. The van der Waals surface area contributed by atoms with Gasteiger partial charge in [0.2, 0.25) is 0 Å². The van der Waals surface area contributed by atoms with Crippen LogP contribution in [0.4, 0.5) is 0 Å². The molecule has 0 amide bonds. The number of benzene rings is 8. The maximum absolute atomic E-state index is 2.48. The molecule has 0 aliphatic heterocycles. The molecule has 11 rings (SSSR count). The van der Waals surface area contributed by atoms with Crippen LogP contribution in [0.2, 0.25) is 0 Å². The van der Waals surface area contributed by atoms with Crippen molar-refractivity contribution >= 4 is 117 Å². The van der Waals surface area contributed by atoms with Crippen LogP contribution < -0.4 is 0 Å². The second-order valence-corrected chi connectivity index (χ2v) is 14.3. The first-order valence-electron chi connectivity index (χ1n) is 15.3. The van der Waals surface area contributed by atoms with Gasteiger partial charge in [0.25, 0.3) is 0 Å². The average molecular weight is 606 g/mol. The fraction of sp³-hybridized carbons (Fsp3) is 0. The Morgan fingerprint density at radius 1 is 0.333 bits per heavy atom. The fourth-order valence-corrected chi connectivity index (χ4v) is 9.95. The van der Waals surface area contributed by atoms with Crippen molar-refractivity contribution in [3.8, 4) is 5.69 Å². The second kappa shape index (κ2) is 8.70. The van der Waals surface area contributed by atoms with E-state index in [1.165, 1.54) is 100 Å². The molecule has 0 unspecified atom stereocenters. The topological polar surface area (TPSA) is 4.93 Å². The highest BCUT2D eigenvalue weighted by Crippen LogP contribution is 2.44. The van der Waals surface area contributed by atoms with Crippen molar-refractivity contribution in [3.05, 3.63) is 140 Å². The van der Waals surface area contributed by atoms with Crippen LogP contribution in [0.3, 0.4) is 0 Å². The summed E-state index contributed by atoms with van der Waals surface area (Å²) < 4.78 is 7.86. The largest absolute Gasteiger partial charge is 0.309 e. The monoisotopic (exact) mass is 605 g/mol. The Morgan fingerprint density at radius 3 is 1.51 bits per heavy atom. The Labute approximate surface area is 265 Å². The maximum Gasteiger partial charge on any atom is 0.0547 e. The highest BCUT2D eigenvalue weighted by atomic mass is 32.1. The minimum atomic E-state index is 1.20. The van der Waals surface area contributed by atoms with Crippen molar-refractivity contribution in [2.24, 2.45) is 0 Å². The number of aromatic nitrogens is 1. The molecular weight excluding hydrogens is 583 g/mol. The van der Waals surface area contributed by atoms with Gasteiger partial charge in [-0.05, 0) is 93.0 Å². The summed E-state index contributed by atoms with van der Waals surface area (Å²) in [6, 6.07) is 52.2. The van der Waals surface area contributed by atoms with Crippen LogP contribution in [0.15, 0.2) is 140 Å². The van der Waals surface area contributed by atoms with E-state index in [2.05, 4.69) is 144 Å². The van der Waals surface area contributed by atoms with E-state index in [4.69, 9.17) is 0 Å². The van der Waals surface area contributed by atoms with Crippen molar-refractivity contribution in [2.75, 3.05) is 0 Å². The van der Waals surface area contributed by atoms with Gasteiger partial charge in [-0.15, -0.1) is 22.7 Å². The highest BCUT2D eigenvalue weighted by molar-refractivity contribution is 7.26. The number of hydrogen-bond acceptors (Lipinski definition) is 2. The van der Waals surface area contributed by atoms with E-state index in [0.717, 1.165) is 0 Å². The average Bonchev–Trinajstić information content (AvgIpc) is 3.74. The third-order valence-corrected chi connectivity index (χ3v) is 12.0. The highest BCUT2D eigenvalue weighted by Gasteiger charge is 2.18. The standard InChI is InChI=1S/C42H23NS2/c1-3-9-29-24(7-1)13-16-35-41(29)42-30-10-4-2-8-25(30)14-17-36(42)43(35)28-15-18-38-34(23-28)33-20-26-19-32-31-11-5-6-12-37(31)44-39(32)21-27(26)22-40(33)45-38/h1-23H. The first-order chi connectivity index (χ1) is 22.3. The molecule has 0 N–H and O–H groups in total. The Bertz CT molecular complexity index is 2950. The van der Waals surface area contributed by atoms with Gasteiger partial charge in [-0.3, -0.25) is 0 Å². The Balaban J connectivity index is 1.22. The molecule has 0 saturated heterocycles. The predicted molar refractivity (Wildman–Crippen MR) is 199 cm³/mol.